The number of aryl methyl sites for hydroxylation is 1. The van der Waals surface area contributed by atoms with Crippen molar-refractivity contribution in [1.29, 1.82) is 0 Å². The molecule has 1 N–H and O–H groups in total. The molecule has 0 saturated heterocycles. The Morgan fingerprint density at radius 2 is 2.05 bits per heavy atom. The van der Waals surface area contributed by atoms with E-state index in [2.05, 4.69) is 23.0 Å². The first kappa shape index (κ1) is 15.0. The van der Waals surface area contributed by atoms with Gasteiger partial charge < -0.3 is 5.11 Å². The maximum absolute atomic E-state index is 11.2. The number of carbonyl (C=O) groups is 1. The lowest BCUT2D eigenvalue weighted by Crippen LogP contribution is -2.49. The number of rotatable bonds is 5. The number of nitrogens with zero attached hydrogens (tertiary/aromatic N) is 2. The molecule has 4 nitrogen and oxygen atoms in total. The molecular formula is C16H24N2O2. The molecule has 1 saturated carbocycles. The van der Waals surface area contributed by atoms with Gasteiger partial charge in [-0.15, -0.1) is 0 Å². The summed E-state index contributed by atoms with van der Waals surface area (Å²) in [5.41, 5.74) is 2.11. The van der Waals surface area contributed by atoms with Crippen LogP contribution in [-0.2, 0) is 11.3 Å². The number of aromatic nitrogens is 1. The van der Waals surface area contributed by atoms with Crippen LogP contribution in [0, 0.1) is 6.92 Å². The lowest BCUT2D eigenvalue weighted by molar-refractivity contribution is -0.141. The predicted octanol–water partition coefficient (Wildman–Crippen LogP) is 3.00. The molecule has 4 heteroatoms. The summed E-state index contributed by atoms with van der Waals surface area (Å²) in [6, 6.07) is 2.13. The van der Waals surface area contributed by atoms with Gasteiger partial charge in [-0.3, -0.25) is 14.7 Å². The van der Waals surface area contributed by atoms with Gasteiger partial charge in [-0.2, -0.15) is 0 Å². The van der Waals surface area contributed by atoms with Crippen molar-refractivity contribution in [3.63, 3.8) is 0 Å². The van der Waals surface area contributed by atoms with Crippen molar-refractivity contribution in [1.82, 2.24) is 9.88 Å². The Labute approximate surface area is 120 Å². The van der Waals surface area contributed by atoms with Crippen LogP contribution >= 0.6 is 0 Å². The largest absolute Gasteiger partial charge is 0.481 e. The molecule has 1 heterocycles. The second-order valence-corrected chi connectivity index (χ2v) is 6.08. The molecule has 0 atom stereocenters. The second kappa shape index (κ2) is 6.35. The van der Waals surface area contributed by atoms with E-state index in [0.717, 1.165) is 43.4 Å². The zero-order valence-electron chi connectivity index (χ0n) is 12.4. The van der Waals surface area contributed by atoms with E-state index in [1.807, 2.05) is 19.3 Å². The van der Waals surface area contributed by atoms with E-state index < -0.39 is 5.97 Å². The van der Waals surface area contributed by atoms with Crippen LogP contribution in [-0.4, -0.2) is 33.5 Å². The Morgan fingerprint density at radius 1 is 1.35 bits per heavy atom. The molecule has 0 amide bonds. The van der Waals surface area contributed by atoms with Gasteiger partial charge in [0.25, 0.3) is 0 Å². The summed E-state index contributed by atoms with van der Waals surface area (Å²) >= 11 is 0. The van der Waals surface area contributed by atoms with Gasteiger partial charge in [0.15, 0.2) is 0 Å². The summed E-state index contributed by atoms with van der Waals surface area (Å²) in [6.45, 7) is 2.80. The van der Waals surface area contributed by atoms with E-state index in [1.54, 1.807) is 0 Å². The van der Waals surface area contributed by atoms with Crippen molar-refractivity contribution in [2.24, 2.45) is 0 Å². The Bertz CT molecular complexity index is 467. The van der Waals surface area contributed by atoms with Crippen LogP contribution in [0.5, 0.6) is 0 Å². The Kier molecular flexibility index (Phi) is 4.76. The molecule has 20 heavy (non-hydrogen) atoms. The lowest BCUT2D eigenvalue weighted by atomic mass is 9.78. The maximum Gasteiger partial charge on any atom is 0.305 e. The molecule has 1 aliphatic carbocycles. The van der Waals surface area contributed by atoms with Crippen LogP contribution < -0.4 is 0 Å². The van der Waals surface area contributed by atoms with E-state index in [0.29, 0.717) is 0 Å². The lowest BCUT2D eigenvalue weighted by Gasteiger charge is -2.44. The van der Waals surface area contributed by atoms with Crippen molar-refractivity contribution < 1.29 is 9.90 Å². The zero-order valence-corrected chi connectivity index (χ0v) is 12.4. The number of carboxylic acid groups (broad SMARTS) is 1. The molecule has 0 aliphatic heterocycles. The molecule has 0 radical (unpaired) electrons. The van der Waals surface area contributed by atoms with Gasteiger partial charge in [0.05, 0.1) is 6.42 Å². The van der Waals surface area contributed by atoms with Crippen LogP contribution in [0.4, 0.5) is 0 Å². The molecule has 1 aromatic heterocycles. The van der Waals surface area contributed by atoms with Gasteiger partial charge in [-0.25, -0.2) is 0 Å². The third-order valence-corrected chi connectivity index (χ3v) is 4.43. The molecule has 1 aliphatic rings. The summed E-state index contributed by atoms with van der Waals surface area (Å²) in [6.07, 6.45) is 9.40. The van der Waals surface area contributed by atoms with E-state index in [9.17, 15) is 9.90 Å². The molecule has 0 spiro atoms. The maximum atomic E-state index is 11.2. The van der Waals surface area contributed by atoms with Crippen LogP contribution in [0.2, 0.25) is 0 Å². The minimum Gasteiger partial charge on any atom is -0.481 e. The first-order chi connectivity index (χ1) is 9.52. The number of pyridine rings is 1. The summed E-state index contributed by atoms with van der Waals surface area (Å²) in [5.74, 6) is -0.693. The number of hydrogen-bond acceptors (Lipinski definition) is 3. The average molecular weight is 276 g/mol. The molecule has 1 aromatic rings. The Hall–Kier alpha value is -1.42. The van der Waals surface area contributed by atoms with Gasteiger partial charge in [-0.1, -0.05) is 25.3 Å². The van der Waals surface area contributed by atoms with Crippen LogP contribution in [0.15, 0.2) is 18.5 Å². The smallest absolute Gasteiger partial charge is 0.305 e. The highest BCUT2D eigenvalue weighted by Gasteiger charge is 2.37. The first-order valence-corrected chi connectivity index (χ1v) is 7.35. The fraction of sp³-hybridized carbons (Fsp3) is 0.625. The quantitative estimate of drug-likeness (QED) is 0.898. The number of hydrogen-bond donors (Lipinski definition) is 1. The Morgan fingerprint density at radius 3 is 2.65 bits per heavy atom. The van der Waals surface area contributed by atoms with Gasteiger partial charge in [-0.05, 0) is 37.9 Å². The standard InChI is InChI=1S/C16H24N2O2/c1-13-8-14(11-17-10-13)12-18(2)16(9-15(19)20)6-4-3-5-7-16/h8,10-11H,3-7,9,12H2,1-2H3,(H,19,20). The molecule has 1 fully saturated rings. The zero-order chi connectivity index (χ0) is 14.6. The van der Waals surface area contributed by atoms with Gasteiger partial charge in [0, 0.05) is 24.5 Å². The summed E-state index contributed by atoms with van der Waals surface area (Å²) in [4.78, 5) is 17.7. The Balaban J connectivity index is 2.13. The van der Waals surface area contributed by atoms with Crippen molar-refractivity contribution in [2.45, 2.75) is 57.5 Å². The van der Waals surface area contributed by atoms with Crippen LogP contribution in [0.1, 0.15) is 49.7 Å². The van der Waals surface area contributed by atoms with Gasteiger partial charge >= 0.3 is 5.97 Å². The highest BCUT2D eigenvalue weighted by molar-refractivity contribution is 5.68. The van der Waals surface area contributed by atoms with Crippen molar-refractivity contribution in [2.75, 3.05) is 7.05 Å². The summed E-state index contributed by atoms with van der Waals surface area (Å²) < 4.78 is 0. The number of aliphatic carboxylic acids is 1. The predicted molar refractivity (Wildman–Crippen MR) is 78.5 cm³/mol. The highest BCUT2D eigenvalue weighted by Crippen LogP contribution is 2.36. The minimum atomic E-state index is -0.693. The molecule has 0 bridgehead atoms. The van der Waals surface area contributed by atoms with E-state index in [1.165, 1.54) is 6.42 Å². The molecule has 0 aromatic carbocycles. The third kappa shape index (κ3) is 3.57. The minimum absolute atomic E-state index is 0.187. The fourth-order valence-electron chi connectivity index (χ4n) is 3.33. The summed E-state index contributed by atoms with van der Waals surface area (Å²) in [7, 11) is 2.05. The van der Waals surface area contributed by atoms with Crippen molar-refractivity contribution >= 4 is 5.97 Å². The SMILES string of the molecule is Cc1cncc(CN(C)C2(CC(=O)O)CCCCC2)c1. The topological polar surface area (TPSA) is 53.4 Å². The van der Waals surface area contributed by atoms with Gasteiger partial charge in [0.1, 0.15) is 0 Å². The normalized spacial score (nSPS) is 18.1. The fourth-order valence-corrected chi connectivity index (χ4v) is 3.33. The third-order valence-electron chi connectivity index (χ3n) is 4.43. The number of carboxylic acids is 1. The first-order valence-electron chi connectivity index (χ1n) is 7.35. The van der Waals surface area contributed by atoms with Crippen molar-refractivity contribution in [3.8, 4) is 0 Å². The van der Waals surface area contributed by atoms with Crippen molar-refractivity contribution in [3.05, 3.63) is 29.6 Å². The van der Waals surface area contributed by atoms with E-state index >= 15 is 0 Å². The summed E-state index contributed by atoms with van der Waals surface area (Å²) in [5, 5.41) is 9.25. The van der Waals surface area contributed by atoms with E-state index in [4.69, 9.17) is 0 Å². The molecular weight excluding hydrogens is 252 g/mol. The van der Waals surface area contributed by atoms with Crippen LogP contribution in [0.25, 0.3) is 0 Å². The second-order valence-electron chi connectivity index (χ2n) is 6.08. The molecule has 2 rings (SSSR count). The van der Waals surface area contributed by atoms with Gasteiger partial charge in [0.2, 0.25) is 0 Å². The monoisotopic (exact) mass is 276 g/mol. The highest BCUT2D eigenvalue weighted by atomic mass is 16.4. The molecule has 0 unspecified atom stereocenters. The van der Waals surface area contributed by atoms with E-state index in [-0.39, 0.29) is 12.0 Å². The average Bonchev–Trinajstić information content (AvgIpc) is 2.39. The molecule has 110 valence electrons. The van der Waals surface area contributed by atoms with Crippen LogP contribution in [0.3, 0.4) is 0 Å².